The predicted molar refractivity (Wildman–Crippen MR) is 99.8 cm³/mol. The lowest BCUT2D eigenvalue weighted by Crippen LogP contribution is -2.45. The van der Waals surface area contributed by atoms with Gasteiger partial charge in [-0.25, -0.2) is 17.5 Å². The monoisotopic (exact) mass is 395 g/mol. The summed E-state index contributed by atoms with van der Waals surface area (Å²) in [5.74, 6) is -1.37. The van der Waals surface area contributed by atoms with Crippen LogP contribution in [0.3, 0.4) is 0 Å². The Labute approximate surface area is 155 Å². The fourth-order valence-electron chi connectivity index (χ4n) is 1.86. The molecule has 0 saturated heterocycles. The summed E-state index contributed by atoms with van der Waals surface area (Å²) in [6.07, 6.45) is 0. The van der Waals surface area contributed by atoms with E-state index in [0.717, 1.165) is 12.1 Å². The molecule has 144 valence electrons. The number of rotatable bonds is 4. The van der Waals surface area contributed by atoms with E-state index in [0.29, 0.717) is 0 Å². The summed E-state index contributed by atoms with van der Waals surface area (Å²) < 4.78 is 41.0. The maximum Gasteiger partial charge on any atom is 0.244 e. The van der Waals surface area contributed by atoms with Crippen LogP contribution in [0.15, 0.2) is 23.1 Å². The molecule has 0 aliphatic rings. The Morgan fingerprint density at radius 1 is 1.16 bits per heavy atom. The molecule has 1 atom stereocenters. The van der Waals surface area contributed by atoms with Gasteiger partial charge in [-0.1, -0.05) is 20.8 Å². The van der Waals surface area contributed by atoms with Gasteiger partial charge in [0.25, 0.3) is 0 Å². The summed E-state index contributed by atoms with van der Waals surface area (Å²) in [5, 5.41) is 2.53. The van der Waals surface area contributed by atoms with Crippen LogP contribution in [0.5, 0.6) is 0 Å². The molecule has 0 aromatic heterocycles. The zero-order valence-corrected chi connectivity index (χ0v) is 16.9. The molecule has 0 heterocycles. The zero-order valence-electron chi connectivity index (χ0n) is 15.3. The van der Waals surface area contributed by atoms with Gasteiger partial charge in [0.2, 0.25) is 15.9 Å². The van der Waals surface area contributed by atoms with E-state index in [1.165, 1.54) is 6.07 Å². The van der Waals surface area contributed by atoms with E-state index in [2.05, 4.69) is 10.0 Å². The Morgan fingerprint density at radius 2 is 1.68 bits per heavy atom. The van der Waals surface area contributed by atoms with Crippen LogP contribution < -0.4 is 15.8 Å². The van der Waals surface area contributed by atoms with Crippen molar-refractivity contribution in [3.05, 3.63) is 24.0 Å². The van der Waals surface area contributed by atoms with Crippen molar-refractivity contribution in [2.24, 2.45) is 11.1 Å². The maximum atomic E-state index is 14.0. The largest absolute Gasteiger partial charge is 0.325 e. The molecule has 0 radical (unpaired) electrons. The first-order valence-electron chi connectivity index (χ1n) is 7.53. The molecular formula is C16H27ClFN3O3S. The summed E-state index contributed by atoms with van der Waals surface area (Å²) in [6, 6.07) is 2.57. The number of carbonyl (C=O) groups excluding carboxylic acids is 1. The molecule has 1 aromatic rings. The molecule has 6 nitrogen and oxygen atoms in total. The first kappa shape index (κ1) is 23.8. The SMILES string of the molecule is CC(C)(C)NS(=O)(=O)c1cc(NC(=O)[C@@H](N)C(C)(C)C)ccc1F.Cl. The molecule has 0 bridgehead atoms. The van der Waals surface area contributed by atoms with Crippen LogP contribution >= 0.6 is 12.4 Å². The average molecular weight is 396 g/mol. The molecule has 0 unspecified atom stereocenters. The second-order valence-corrected chi connectivity index (χ2v) is 9.48. The lowest BCUT2D eigenvalue weighted by atomic mass is 9.87. The van der Waals surface area contributed by atoms with Crippen LogP contribution in [0.2, 0.25) is 0 Å². The molecule has 0 aliphatic heterocycles. The molecule has 9 heteroatoms. The third-order valence-electron chi connectivity index (χ3n) is 3.14. The molecule has 0 aliphatic carbocycles. The van der Waals surface area contributed by atoms with Crippen LogP contribution in [-0.4, -0.2) is 25.9 Å². The number of sulfonamides is 1. The fourth-order valence-corrected chi connectivity index (χ4v) is 3.38. The van der Waals surface area contributed by atoms with Crippen molar-refractivity contribution >= 4 is 34.0 Å². The van der Waals surface area contributed by atoms with Gasteiger partial charge in [-0.3, -0.25) is 4.79 Å². The zero-order chi connectivity index (χ0) is 18.9. The van der Waals surface area contributed by atoms with Crippen molar-refractivity contribution in [3.8, 4) is 0 Å². The quantitative estimate of drug-likeness (QED) is 0.729. The Morgan fingerprint density at radius 3 is 2.12 bits per heavy atom. The Balaban J connectivity index is 0.00000576. The molecule has 25 heavy (non-hydrogen) atoms. The van der Waals surface area contributed by atoms with Gasteiger partial charge in [0.1, 0.15) is 10.7 Å². The van der Waals surface area contributed by atoms with Gasteiger partial charge < -0.3 is 11.1 Å². The molecular weight excluding hydrogens is 369 g/mol. The van der Waals surface area contributed by atoms with E-state index in [1.807, 2.05) is 20.8 Å². The van der Waals surface area contributed by atoms with Gasteiger partial charge in [0.15, 0.2) is 0 Å². The van der Waals surface area contributed by atoms with Gasteiger partial charge in [-0.05, 0) is 44.4 Å². The summed E-state index contributed by atoms with van der Waals surface area (Å²) in [4.78, 5) is 11.6. The minimum Gasteiger partial charge on any atom is -0.325 e. The number of anilines is 1. The van der Waals surface area contributed by atoms with Gasteiger partial charge >= 0.3 is 0 Å². The number of hydrogen-bond donors (Lipinski definition) is 3. The van der Waals surface area contributed by atoms with Crippen LogP contribution in [-0.2, 0) is 14.8 Å². The first-order valence-corrected chi connectivity index (χ1v) is 9.02. The lowest BCUT2D eigenvalue weighted by Gasteiger charge is -2.26. The number of amides is 1. The number of nitrogens with one attached hydrogen (secondary N) is 2. The van der Waals surface area contributed by atoms with E-state index in [-0.39, 0.29) is 18.1 Å². The molecule has 1 aromatic carbocycles. The van der Waals surface area contributed by atoms with Crippen LogP contribution in [0.1, 0.15) is 41.5 Å². The summed E-state index contributed by atoms with van der Waals surface area (Å²) >= 11 is 0. The summed E-state index contributed by atoms with van der Waals surface area (Å²) in [7, 11) is -4.06. The van der Waals surface area contributed by atoms with E-state index in [1.54, 1.807) is 20.8 Å². The van der Waals surface area contributed by atoms with Gasteiger partial charge in [-0.15, -0.1) is 12.4 Å². The Bertz CT molecular complexity index is 725. The van der Waals surface area contributed by atoms with Crippen molar-refractivity contribution < 1.29 is 17.6 Å². The normalized spacial score (nSPS) is 13.8. The predicted octanol–water partition coefficient (Wildman–Crippen LogP) is 2.64. The van der Waals surface area contributed by atoms with Gasteiger partial charge in [0.05, 0.1) is 6.04 Å². The second kappa shape index (κ2) is 7.99. The Kier molecular flexibility index (Phi) is 7.60. The first-order chi connectivity index (χ1) is 10.6. The molecule has 1 amide bonds. The lowest BCUT2D eigenvalue weighted by molar-refractivity contribution is -0.119. The number of hydrogen-bond acceptors (Lipinski definition) is 4. The smallest absolute Gasteiger partial charge is 0.244 e. The summed E-state index contributed by atoms with van der Waals surface area (Å²) in [6.45, 7) is 10.4. The van der Waals surface area contributed by atoms with Crippen LogP contribution in [0.25, 0.3) is 0 Å². The van der Waals surface area contributed by atoms with E-state index in [4.69, 9.17) is 5.73 Å². The van der Waals surface area contributed by atoms with Crippen LogP contribution in [0, 0.1) is 11.2 Å². The van der Waals surface area contributed by atoms with Gasteiger partial charge in [0, 0.05) is 11.2 Å². The molecule has 0 saturated carbocycles. The maximum absolute atomic E-state index is 14.0. The molecule has 0 fully saturated rings. The number of halogens is 2. The number of carbonyl (C=O) groups is 1. The highest BCUT2D eigenvalue weighted by Crippen LogP contribution is 2.23. The average Bonchev–Trinajstić information content (AvgIpc) is 2.35. The van der Waals surface area contributed by atoms with Crippen molar-refractivity contribution in [1.29, 1.82) is 0 Å². The van der Waals surface area contributed by atoms with Crippen molar-refractivity contribution in [2.45, 2.75) is 58.0 Å². The van der Waals surface area contributed by atoms with E-state index >= 15 is 0 Å². The highest BCUT2D eigenvalue weighted by atomic mass is 35.5. The van der Waals surface area contributed by atoms with Crippen LogP contribution in [0.4, 0.5) is 10.1 Å². The Hall–Kier alpha value is -1.22. The highest BCUT2D eigenvalue weighted by Gasteiger charge is 2.29. The topological polar surface area (TPSA) is 101 Å². The van der Waals surface area contributed by atoms with E-state index < -0.39 is 43.6 Å². The molecule has 4 N–H and O–H groups in total. The summed E-state index contributed by atoms with van der Waals surface area (Å²) in [5.41, 5.74) is 4.79. The highest BCUT2D eigenvalue weighted by molar-refractivity contribution is 7.89. The fraction of sp³-hybridized carbons (Fsp3) is 0.562. The van der Waals surface area contributed by atoms with Crippen molar-refractivity contribution in [3.63, 3.8) is 0 Å². The second-order valence-electron chi connectivity index (χ2n) is 7.83. The minimum absolute atomic E-state index is 0. The van der Waals surface area contributed by atoms with Crippen molar-refractivity contribution in [1.82, 2.24) is 4.72 Å². The minimum atomic E-state index is -4.06. The molecule has 0 spiro atoms. The number of nitrogens with two attached hydrogens (primary N) is 1. The van der Waals surface area contributed by atoms with Gasteiger partial charge in [-0.2, -0.15) is 0 Å². The number of benzene rings is 1. The molecule has 1 rings (SSSR count). The van der Waals surface area contributed by atoms with Crippen molar-refractivity contribution in [2.75, 3.05) is 5.32 Å². The third kappa shape index (κ3) is 6.89. The van der Waals surface area contributed by atoms with E-state index in [9.17, 15) is 17.6 Å². The standard InChI is InChI=1S/C16H26FN3O3S.ClH/c1-15(2,3)13(18)14(21)19-10-7-8-11(17)12(9-10)24(22,23)20-16(4,5)6;/h7-9,13,20H,18H2,1-6H3,(H,19,21);1H/t13-;/m1./s1. The third-order valence-corrected chi connectivity index (χ3v) is 4.92.